The predicted molar refractivity (Wildman–Crippen MR) is 77.7 cm³/mol. The van der Waals surface area contributed by atoms with Crippen molar-refractivity contribution in [2.75, 3.05) is 0 Å². The molecule has 0 radical (unpaired) electrons. The van der Waals surface area contributed by atoms with Gasteiger partial charge in [-0.1, -0.05) is 24.4 Å². The van der Waals surface area contributed by atoms with E-state index in [-0.39, 0.29) is 22.6 Å². The zero-order chi connectivity index (χ0) is 14.3. The van der Waals surface area contributed by atoms with E-state index in [2.05, 4.69) is 0 Å². The summed E-state index contributed by atoms with van der Waals surface area (Å²) in [7, 11) is 0. The van der Waals surface area contributed by atoms with Crippen molar-refractivity contribution >= 4 is 28.9 Å². The molecule has 2 aliphatic rings. The lowest BCUT2D eigenvalue weighted by Gasteiger charge is -2.50. The summed E-state index contributed by atoms with van der Waals surface area (Å²) in [6.07, 6.45) is 5.28. The van der Waals surface area contributed by atoms with Crippen LogP contribution >= 0.6 is 23.2 Å². The van der Waals surface area contributed by atoms with Crippen molar-refractivity contribution in [3.63, 3.8) is 0 Å². The van der Waals surface area contributed by atoms with E-state index >= 15 is 0 Å². The molecule has 6 heteroatoms. The number of nitrogens with zero attached hydrogens (tertiary/aromatic N) is 1. The van der Waals surface area contributed by atoms with E-state index in [1.807, 2.05) is 0 Å². The molecule has 0 saturated heterocycles. The molecule has 108 valence electrons. The number of nitro groups is 1. The summed E-state index contributed by atoms with van der Waals surface area (Å²) >= 11 is 12.5. The normalized spacial score (nSPS) is 27.3. The van der Waals surface area contributed by atoms with Crippen molar-refractivity contribution in [3.8, 4) is 5.75 Å². The van der Waals surface area contributed by atoms with E-state index < -0.39 is 4.92 Å². The van der Waals surface area contributed by atoms with Crippen molar-refractivity contribution in [2.45, 2.75) is 43.6 Å². The molecule has 0 amide bonds. The van der Waals surface area contributed by atoms with Gasteiger partial charge in [-0.15, -0.1) is 11.6 Å². The highest BCUT2D eigenvalue weighted by Gasteiger charge is 2.57. The fourth-order valence-electron chi connectivity index (χ4n) is 3.38. The molecule has 1 aromatic rings. The molecule has 0 aliphatic heterocycles. The lowest BCUT2D eigenvalue weighted by Crippen LogP contribution is -2.55. The van der Waals surface area contributed by atoms with Crippen LogP contribution in [0, 0.1) is 15.5 Å². The van der Waals surface area contributed by atoms with Gasteiger partial charge in [-0.05, 0) is 18.9 Å². The third-order valence-corrected chi connectivity index (χ3v) is 5.54. The van der Waals surface area contributed by atoms with Gasteiger partial charge in [0.15, 0.2) is 0 Å². The number of non-ortho nitro benzene ring substituents is 1. The molecule has 2 unspecified atom stereocenters. The second-order valence-corrected chi connectivity index (χ2v) is 6.56. The minimum absolute atomic E-state index is 0.00776. The first kappa shape index (κ1) is 14.0. The Hall–Kier alpha value is -1.00. The van der Waals surface area contributed by atoms with Crippen molar-refractivity contribution < 1.29 is 9.66 Å². The number of halogens is 2. The molecule has 4 nitrogen and oxygen atoms in total. The van der Waals surface area contributed by atoms with Crippen LogP contribution in [-0.2, 0) is 0 Å². The SMILES string of the molecule is O=[N+]([O-])c1ccc(Cl)c(OC2CC(Cl)C23CCCC3)c1. The van der Waals surface area contributed by atoms with Crippen LogP contribution in [0.25, 0.3) is 0 Å². The number of nitro benzene ring substituents is 1. The molecule has 0 heterocycles. The maximum Gasteiger partial charge on any atom is 0.273 e. The second-order valence-electron chi connectivity index (χ2n) is 5.62. The quantitative estimate of drug-likeness (QED) is 0.466. The molecule has 3 rings (SSSR count). The van der Waals surface area contributed by atoms with E-state index in [4.69, 9.17) is 27.9 Å². The van der Waals surface area contributed by atoms with E-state index in [1.54, 1.807) is 0 Å². The monoisotopic (exact) mass is 315 g/mol. The summed E-state index contributed by atoms with van der Waals surface area (Å²) in [5.74, 6) is 0.390. The Morgan fingerprint density at radius 3 is 2.65 bits per heavy atom. The zero-order valence-electron chi connectivity index (χ0n) is 10.9. The molecule has 2 saturated carbocycles. The third-order valence-electron chi connectivity index (χ3n) is 4.62. The number of hydrogen-bond donors (Lipinski definition) is 0. The fourth-order valence-corrected chi connectivity index (χ4v) is 4.06. The van der Waals surface area contributed by atoms with Gasteiger partial charge in [-0.3, -0.25) is 10.1 Å². The van der Waals surface area contributed by atoms with Crippen LogP contribution in [0.1, 0.15) is 32.1 Å². The second kappa shape index (κ2) is 5.08. The molecule has 2 atom stereocenters. The van der Waals surface area contributed by atoms with E-state index in [1.165, 1.54) is 31.0 Å². The van der Waals surface area contributed by atoms with Crippen LogP contribution in [0.15, 0.2) is 18.2 Å². The van der Waals surface area contributed by atoms with Crippen molar-refractivity contribution in [2.24, 2.45) is 5.41 Å². The van der Waals surface area contributed by atoms with Crippen molar-refractivity contribution in [1.29, 1.82) is 0 Å². The van der Waals surface area contributed by atoms with E-state index in [0.29, 0.717) is 10.8 Å². The Labute approximate surface area is 127 Å². The first-order valence-electron chi connectivity index (χ1n) is 6.77. The van der Waals surface area contributed by atoms with Gasteiger partial charge >= 0.3 is 0 Å². The van der Waals surface area contributed by atoms with Crippen molar-refractivity contribution in [3.05, 3.63) is 33.3 Å². The first-order valence-corrected chi connectivity index (χ1v) is 7.59. The van der Waals surface area contributed by atoms with Gasteiger partial charge in [0.25, 0.3) is 5.69 Å². The van der Waals surface area contributed by atoms with E-state index in [9.17, 15) is 10.1 Å². The Kier molecular flexibility index (Phi) is 3.55. The lowest BCUT2D eigenvalue weighted by atomic mass is 9.64. The minimum atomic E-state index is -0.445. The number of alkyl halides is 1. The van der Waals surface area contributed by atoms with Gasteiger partial charge in [-0.2, -0.15) is 0 Å². The summed E-state index contributed by atoms with van der Waals surface area (Å²) in [5.41, 5.74) is 0.0294. The van der Waals surface area contributed by atoms with Gasteiger partial charge in [-0.25, -0.2) is 0 Å². The highest BCUT2D eigenvalue weighted by molar-refractivity contribution is 6.32. The van der Waals surface area contributed by atoms with Gasteiger partial charge in [0, 0.05) is 23.3 Å². The molecule has 0 bridgehead atoms. The third kappa shape index (κ3) is 2.15. The lowest BCUT2D eigenvalue weighted by molar-refractivity contribution is -0.385. The predicted octanol–water partition coefficient (Wildman–Crippen LogP) is 4.57. The van der Waals surface area contributed by atoms with E-state index in [0.717, 1.165) is 19.3 Å². The molecule has 20 heavy (non-hydrogen) atoms. The number of rotatable bonds is 3. The Bertz CT molecular complexity index is 543. The molecule has 0 N–H and O–H groups in total. The molecular formula is C14H15Cl2NO3. The largest absolute Gasteiger partial charge is 0.488 e. The molecule has 1 spiro atoms. The maximum atomic E-state index is 10.8. The summed E-state index contributed by atoms with van der Waals surface area (Å²) < 4.78 is 5.96. The fraction of sp³-hybridized carbons (Fsp3) is 0.571. The summed E-state index contributed by atoms with van der Waals surface area (Å²) in [5, 5.41) is 11.4. The molecule has 0 aromatic heterocycles. The van der Waals surface area contributed by atoms with Gasteiger partial charge in [0.1, 0.15) is 11.9 Å². The zero-order valence-corrected chi connectivity index (χ0v) is 12.4. The molecular weight excluding hydrogens is 301 g/mol. The number of benzene rings is 1. The highest BCUT2D eigenvalue weighted by atomic mass is 35.5. The smallest absolute Gasteiger partial charge is 0.273 e. The Morgan fingerprint density at radius 1 is 1.35 bits per heavy atom. The van der Waals surface area contributed by atoms with Crippen LogP contribution in [-0.4, -0.2) is 16.4 Å². The van der Waals surface area contributed by atoms with Crippen LogP contribution in [0.3, 0.4) is 0 Å². The van der Waals surface area contributed by atoms with Crippen LogP contribution in [0.2, 0.25) is 5.02 Å². The van der Waals surface area contributed by atoms with Gasteiger partial charge in [0.05, 0.1) is 16.0 Å². The average Bonchev–Trinajstić information content (AvgIpc) is 2.92. The highest BCUT2D eigenvalue weighted by Crippen LogP contribution is 2.57. The van der Waals surface area contributed by atoms with Crippen LogP contribution < -0.4 is 4.74 Å². The van der Waals surface area contributed by atoms with Gasteiger partial charge in [0.2, 0.25) is 0 Å². The first-order chi connectivity index (χ1) is 9.53. The van der Waals surface area contributed by atoms with Gasteiger partial charge < -0.3 is 4.74 Å². The Morgan fingerprint density at radius 2 is 2.05 bits per heavy atom. The number of ether oxygens (including phenoxy) is 1. The number of hydrogen-bond acceptors (Lipinski definition) is 3. The van der Waals surface area contributed by atoms with Crippen LogP contribution in [0.4, 0.5) is 5.69 Å². The minimum Gasteiger partial charge on any atom is -0.488 e. The molecule has 2 fully saturated rings. The summed E-state index contributed by atoms with van der Waals surface area (Å²) in [4.78, 5) is 10.4. The van der Waals surface area contributed by atoms with Crippen LogP contribution in [0.5, 0.6) is 5.75 Å². The molecule has 2 aliphatic carbocycles. The topological polar surface area (TPSA) is 52.4 Å². The summed E-state index contributed by atoms with van der Waals surface area (Å²) in [6, 6.07) is 4.28. The standard InChI is InChI=1S/C14H15Cl2NO3/c15-10-4-3-9(17(18)19)7-11(10)20-13-8-12(16)14(13)5-1-2-6-14/h3-4,7,12-13H,1-2,5-6,8H2. The van der Waals surface area contributed by atoms with Crippen molar-refractivity contribution in [1.82, 2.24) is 0 Å². The maximum absolute atomic E-state index is 10.8. The average molecular weight is 316 g/mol. The summed E-state index contributed by atoms with van der Waals surface area (Å²) in [6.45, 7) is 0. The molecule has 1 aromatic carbocycles. The Balaban J connectivity index is 1.81.